The van der Waals surface area contributed by atoms with E-state index < -0.39 is 0 Å². The Morgan fingerprint density at radius 3 is 2.68 bits per heavy atom. The van der Waals surface area contributed by atoms with E-state index in [2.05, 4.69) is 19.0 Å². The Morgan fingerprint density at radius 2 is 1.88 bits per heavy atom. The maximum absolute atomic E-state index is 10.6. The zero-order valence-corrected chi connectivity index (χ0v) is 16.0. The van der Waals surface area contributed by atoms with Crippen LogP contribution in [0.4, 0.5) is 0 Å². The SMILES string of the molecule is C[C@]12CC/C(=N\OCCN)CC1CCC1C2CC[C@@]2(C)C1CC[C@@H]2O. The summed E-state index contributed by atoms with van der Waals surface area (Å²) in [6.07, 6.45) is 10.9. The number of fused-ring (bicyclic) bond motifs is 5. The highest BCUT2D eigenvalue weighted by molar-refractivity contribution is 5.85. The van der Waals surface area contributed by atoms with Gasteiger partial charge in [0.1, 0.15) is 6.61 Å². The third-order valence-corrected chi connectivity index (χ3v) is 8.85. The molecule has 4 aliphatic rings. The van der Waals surface area contributed by atoms with Gasteiger partial charge in [-0.15, -0.1) is 0 Å². The van der Waals surface area contributed by atoms with Crippen LogP contribution in [0.3, 0.4) is 0 Å². The lowest BCUT2D eigenvalue weighted by molar-refractivity contribution is -0.112. The summed E-state index contributed by atoms with van der Waals surface area (Å²) < 4.78 is 0. The van der Waals surface area contributed by atoms with Crippen molar-refractivity contribution < 1.29 is 9.94 Å². The molecular weight excluding hydrogens is 312 g/mol. The van der Waals surface area contributed by atoms with Gasteiger partial charge in [0.15, 0.2) is 0 Å². The van der Waals surface area contributed by atoms with Crippen LogP contribution in [0.25, 0.3) is 0 Å². The van der Waals surface area contributed by atoms with Crippen LogP contribution in [0.15, 0.2) is 5.16 Å². The second kappa shape index (κ2) is 6.53. The molecule has 4 rings (SSSR count). The molecular formula is C21H36N2O2. The Labute approximate surface area is 152 Å². The van der Waals surface area contributed by atoms with Crippen molar-refractivity contribution >= 4 is 5.71 Å². The van der Waals surface area contributed by atoms with E-state index in [1.807, 2.05) is 0 Å². The predicted octanol–water partition coefficient (Wildman–Crippen LogP) is 3.72. The Kier molecular flexibility index (Phi) is 4.64. The summed E-state index contributed by atoms with van der Waals surface area (Å²) in [6.45, 7) is 6.01. The standard InChI is InChI=1S/C21H36N2O2/c1-20-9-7-15(23-25-12-11-22)13-14(20)3-4-16-17-5-6-19(24)21(17,2)10-8-18(16)20/h14,16-19,24H,3-13,22H2,1-2H3/b23-15+/t14?,16?,17?,18?,19-,20-,21-/m0/s1. The lowest BCUT2D eigenvalue weighted by Gasteiger charge is -2.60. The highest BCUT2D eigenvalue weighted by atomic mass is 16.6. The number of rotatable bonds is 3. The summed E-state index contributed by atoms with van der Waals surface area (Å²) in [5.74, 6) is 3.20. The molecule has 0 aromatic rings. The van der Waals surface area contributed by atoms with E-state index in [9.17, 15) is 5.11 Å². The van der Waals surface area contributed by atoms with E-state index in [0.29, 0.717) is 18.6 Å². The van der Waals surface area contributed by atoms with Gasteiger partial charge in [0.2, 0.25) is 0 Å². The molecule has 0 bridgehead atoms. The fourth-order valence-corrected chi connectivity index (χ4v) is 7.30. The number of hydrogen-bond donors (Lipinski definition) is 2. The molecule has 0 amide bonds. The lowest BCUT2D eigenvalue weighted by Crippen LogP contribution is -2.54. The summed E-state index contributed by atoms with van der Waals surface area (Å²) >= 11 is 0. The van der Waals surface area contributed by atoms with Gasteiger partial charge in [-0.1, -0.05) is 19.0 Å². The van der Waals surface area contributed by atoms with Crippen molar-refractivity contribution in [2.24, 2.45) is 45.4 Å². The smallest absolute Gasteiger partial charge is 0.129 e. The first-order chi connectivity index (χ1) is 12.0. The van der Waals surface area contributed by atoms with Gasteiger partial charge in [-0.2, -0.15) is 0 Å². The molecule has 0 aromatic heterocycles. The Bertz CT molecular complexity index is 536. The molecule has 4 heteroatoms. The molecule has 0 radical (unpaired) electrons. The van der Waals surface area contributed by atoms with Crippen LogP contribution in [-0.2, 0) is 4.84 Å². The monoisotopic (exact) mass is 348 g/mol. The molecule has 4 aliphatic carbocycles. The number of hydrogen-bond acceptors (Lipinski definition) is 4. The van der Waals surface area contributed by atoms with Crippen LogP contribution in [0.5, 0.6) is 0 Å². The second-order valence-corrected chi connectivity index (χ2v) is 9.78. The molecule has 0 spiro atoms. The Balaban J connectivity index is 1.50. The second-order valence-electron chi connectivity index (χ2n) is 9.78. The molecule has 142 valence electrons. The average Bonchev–Trinajstić information content (AvgIpc) is 2.90. The van der Waals surface area contributed by atoms with Crippen molar-refractivity contribution in [2.75, 3.05) is 13.2 Å². The van der Waals surface area contributed by atoms with Crippen LogP contribution >= 0.6 is 0 Å². The molecule has 25 heavy (non-hydrogen) atoms. The number of aliphatic hydroxyl groups excluding tert-OH is 1. The van der Waals surface area contributed by atoms with Crippen molar-refractivity contribution in [3.63, 3.8) is 0 Å². The van der Waals surface area contributed by atoms with Crippen molar-refractivity contribution in [3.05, 3.63) is 0 Å². The first kappa shape index (κ1) is 17.8. The minimum absolute atomic E-state index is 0.0613. The quantitative estimate of drug-likeness (QED) is 0.603. The largest absolute Gasteiger partial charge is 0.395 e. The normalized spacial score (nSPS) is 50.9. The van der Waals surface area contributed by atoms with Crippen molar-refractivity contribution in [2.45, 2.75) is 77.7 Å². The first-order valence-electron chi connectivity index (χ1n) is 10.5. The first-order valence-corrected chi connectivity index (χ1v) is 10.5. The highest BCUT2D eigenvalue weighted by Crippen LogP contribution is 2.65. The van der Waals surface area contributed by atoms with Crippen LogP contribution in [-0.4, -0.2) is 30.1 Å². The van der Waals surface area contributed by atoms with Gasteiger partial charge < -0.3 is 15.7 Å². The Hall–Kier alpha value is -0.610. The van der Waals surface area contributed by atoms with E-state index in [1.165, 1.54) is 44.2 Å². The number of oxime groups is 1. The fourth-order valence-electron chi connectivity index (χ4n) is 7.30. The van der Waals surface area contributed by atoms with E-state index >= 15 is 0 Å². The number of nitrogens with two attached hydrogens (primary N) is 1. The van der Waals surface area contributed by atoms with Gasteiger partial charge in [-0.05, 0) is 92.3 Å². The van der Waals surface area contributed by atoms with Crippen molar-refractivity contribution in [1.29, 1.82) is 0 Å². The molecule has 0 aromatic carbocycles. The van der Waals surface area contributed by atoms with E-state index in [0.717, 1.165) is 42.9 Å². The minimum atomic E-state index is -0.0613. The summed E-state index contributed by atoms with van der Waals surface area (Å²) in [4.78, 5) is 5.36. The van der Waals surface area contributed by atoms with Gasteiger partial charge >= 0.3 is 0 Å². The van der Waals surface area contributed by atoms with Gasteiger partial charge in [-0.25, -0.2) is 0 Å². The number of aliphatic hydroxyl groups is 1. The Morgan fingerprint density at radius 1 is 1.08 bits per heavy atom. The topological polar surface area (TPSA) is 67.8 Å². The van der Waals surface area contributed by atoms with Gasteiger partial charge in [0.25, 0.3) is 0 Å². The summed E-state index contributed by atoms with van der Waals surface area (Å²) in [7, 11) is 0. The molecule has 0 heterocycles. The molecule has 4 nitrogen and oxygen atoms in total. The third-order valence-electron chi connectivity index (χ3n) is 8.85. The van der Waals surface area contributed by atoms with Crippen LogP contribution in [0.1, 0.15) is 71.6 Å². The summed E-state index contributed by atoms with van der Waals surface area (Å²) in [6, 6.07) is 0. The highest BCUT2D eigenvalue weighted by Gasteiger charge is 2.59. The van der Waals surface area contributed by atoms with E-state index in [1.54, 1.807) is 0 Å². The van der Waals surface area contributed by atoms with E-state index in [-0.39, 0.29) is 11.5 Å². The fraction of sp³-hybridized carbons (Fsp3) is 0.952. The zero-order chi connectivity index (χ0) is 17.7. The predicted molar refractivity (Wildman–Crippen MR) is 100 cm³/mol. The molecule has 7 atom stereocenters. The molecule has 0 aliphatic heterocycles. The molecule has 4 fully saturated rings. The lowest BCUT2D eigenvalue weighted by atomic mass is 9.45. The van der Waals surface area contributed by atoms with Crippen molar-refractivity contribution in [3.8, 4) is 0 Å². The summed E-state index contributed by atoms with van der Waals surface area (Å²) in [5.41, 5.74) is 7.41. The molecule has 0 saturated heterocycles. The van der Waals surface area contributed by atoms with Crippen molar-refractivity contribution in [1.82, 2.24) is 0 Å². The van der Waals surface area contributed by atoms with Gasteiger partial charge in [0.05, 0.1) is 11.8 Å². The van der Waals surface area contributed by atoms with Crippen LogP contribution in [0, 0.1) is 34.5 Å². The summed E-state index contributed by atoms with van der Waals surface area (Å²) in [5, 5.41) is 14.9. The van der Waals surface area contributed by atoms with Gasteiger partial charge in [0, 0.05) is 6.54 Å². The number of nitrogens with zero attached hydrogens (tertiary/aromatic N) is 1. The van der Waals surface area contributed by atoms with Crippen LogP contribution < -0.4 is 5.73 Å². The van der Waals surface area contributed by atoms with Gasteiger partial charge in [-0.3, -0.25) is 0 Å². The average molecular weight is 349 g/mol. The van der Waals surface area contributed by atoms with E-state index in [4.69, 9.17) is 10.6 Å². The maximum atomic E-state index is 10.6. The molecule has 3 N–H and O–H groups in total. The maximum Gasteiger partial charge on any atom is 0.129 e. The van der Waals surface area contributed by atoms with Crippen LogP contribution in [0.2, 0.25) is 0 Å². The minimum Gasteiger partial charge on any atom is -0.395 e. The molecule has 4 unspecified atom stereocenters. The third kappa shape index (κ3) is 2.75. The zero-order valence-electron chi connectivity index (χ0n) is 16.0. The molecule has 4 saturated carbocycles.